The molecular weight excluding hydrogens is 220 g/mol. The minimum atomic E-state index is -0.761. The molecule has 0 heterocycles. The Morgan fingerprint density at radius 3 is 2.59 bits per heavy atom. The quantitative estimate of drug-likeness (QED) is 0.707. The van der Waals surface area contributed by atoms with E-state index in [0.717, 1.165) is 17.9 Å². The molecule has 4 heteroatoms. The summed E-state index contributed by atoms with van der Waals surface area (Å²) in [5.41, 5.74) is 0. The van der Waals surface area contributed by atoms with Gasteiger partial charge in [-0.1, -0.05) is 6.07 Å². The number of carboxylic acids is 1. The van der Waals surface area contributed by atoms with E-state index in [1.165, 1.54) is 0 Å². The standard InChI is InChI=1S/C13H18O4/c1-2-16-11-6-5-7-12(10-11)17-9-4-3-8-13(14)15/h5-7,10H,2-4,8-9H2,1H3,(H,14,15). The first-order valence-corrected chi connectivity index (χ1v) is 5.80. The number of carboxylic acid groups (broad SMARTS) is 1. The van der Waals surface area contributed by atoms with E-state index in [9.17, 15) is 4.79 Å². The van der Waals surface area contributed by atoms with E-state index in [4.69, 9.17) is 14.6 Å². The summed E-state index contributed by atoms with van der Waals surface area (Å²) in [6, 6.07) is 7.44. The summed E-state index contributed by atoms with van der Waals surface area (Å²) < 4.78 is 10.8. The fraction of sp³-hybridized carbons (Fsp3) is 0.462. The van der Waals surface area contributed by atoms with Crippen molar-refractivity contribution in [1.82, 2.24) is 0 Å². The number of aliphatic carboxylic acids is 1. The number of hydrogen-bond acceptors (Lipinski definition) is 3. The first-order valence-electron chi connectivity index (χ1n) is 5.80. The third kappa shape index (κ3) is 5.80. The lowest BCUT2D eigenvalue weighted by atomic mass is 10.2. The maximum atomic E-state index is 10.3. The van der Waals surface area contributed by atoms with Crippen LogP contribution in [0.15, 0.2) is 24.3 Å². The summed E-state index contributed by atoms with van der Waals surface area (Å²) in [7, 11) is 0. The van der Waals surface area contributed by atoms with Gasteiger partial charge < -0.3 is 14.6 Å². The monoisotopic (exact) mass is 238 g/mol. The van der Waals surface area contributed by atoms with E-state index in [1.54, 1.807) is 0 Å². The summed E-state index contributed by atoms with van der Waals surface area (Å²) in [4.78, 5) is 10.3. The Morgan fingerprint density at radius 2 is 1.94 bits per heavy atom. The molecule has 1 aromatic carbocycles. The minimum Gasteiger partial charge on any atom is -0.494 e. The Kier molecular flexibility index (Phi) is 5.93. The molecule has 0 spiro atoms. The molecule has 0 saturated heterocycles. The highest BCUT2D eigenvalue weighted by molar-refractivity contribution is 5.66. The predicted molar refractivity (Wildman–Crippen MR) is 64.6 cm³/mol. The normalized spacial score (nSPS) is 9.94. The minimum absolute atomic E-state index is 0.197. The Balaban J connectivity index is 2.26. The van der Waals surface area contributed by atoms with Gasteiger partial charge in [-0.3, -0.25) is 4.79 Å². The van der Waals surface area contributed by atoms with Gasteiger partial charge in [0.15, 0.2) is 0 Å². The van der Waals surface area contributed by atoms with E-state index in [2.05, 4.69) is 0 Å². The number of carbonyl (C=O) groups is 1. The van der Waals surface area contributed by atoms with Crippen molar-refractivity contribution in [3.05, 3.63) is 24.3 Å². The second kappa shape index (κ2) is 7.54. The molecule has 0 aliphatic rings. The van der Waals surface area contributed by atoms with Crippen molar-refractivity contribution in [1.29, 1.82) is 0 Å². The number of hydrogen-bond donors (Lipinski definition) is 1. The molecule has 0 radical (unpaired) electrons. The van der Waals surface area contributed by atoms with Crippen molar-refractivity contribution in [3.63, 3.8) is 0 Å². The second-order valence-electron chi connectivity index (χ2n) is 3.61. The topological polar surface area (TPSA) is 55.8 Å². The highest BCUT2D eigenvalue weighted by Crippen LogP contribution is 2.19. The Bertz CT molecular complexity index is 349. The molecule has 0 aliphatic carbocycles. The van der Waals surface area contributed by atoms with E-state index in [-0.39, 0.29) is 6.42 Å². The van der Waals surface area contributed by atoms with Gasteiger partial charge in [-0.15, -0.1) is 0 Å². The molecule has 0 unspecified atom stereocenters. The number of unbranched alkanes of at least 4 members (excludes halogenated alkanes) is 1. The van der Waals surface area contributed by atoms with Gasteiger partial charge in [0.05, 0.1) is 13.2 Å². The molecule has 1 aromatic rings. The van der Waals surface area contributed by atoms with Gasteiger partial charge in [0.25, 0.3) is 0 Å². The Hall–Kier alpha value is -1.71. The van der Waals surface area contributed by atoms with Crippen molar-refractivity contribution in [2.45, 2.75) is 26.2 Å². The summed E-state index contributed by atoms with van der Waals surface area (Å²) in [5, 5.41) is 8.47. The molecule has 0 amide bonds. The molecule has 17 heavy (non-hydrogen) atoms. The van der Waals surface area contributed by atoms with Gasteiger partial charge in [0.2, 0.25) is 0 Å². The number of ether oxygens (including phenoxy) is 2. The lowest BCUT2D eigenvalue weighted by Crippen LogP contribution is -2.00. The zero-order chi connectivity index (χ0) is 12.5. The first kappa shape index (κ1) is 13.4. The summed E-state index contributed by atoms with van der Waals surface area (Å²) in [5.74, 6) is 0.783. The number of benzene rings is 1. The van der Waals surface area contributed by atoms with Crippen LogP contribution in [0, 0.1) is 0 Å². The molecule has 0 aromatic heterocycles. The highest BCUT2D eigenvalue weighted by atomic mass is 16.5. The Labute approximate surface area is 101 Å². The first-order chi connectivity index (χ1) is 8.22. The zero-order valence-corrected chi connectivity index (χ0v) is 10.0. The summed E-state index contributed by atoms with van der Waals surface area (Å²) in [6.45, 7) is 3.09. The van der Waals surface area contributed by atoms with Crippen LogP contribution in [0.4, 0.5) is 0 Å². The number of rotatable bonds is 8. The molecule has 0 bridgehead atoms. The largest absolute Gasteiger partial charge is 0.494 e. The van der Waals surface area contributed by atoms with Crippen LogP contribution in [0.3, 0.4) is 0 Å². The maximum absolute atomic E-state index is 10.3. The van der Waals surface area contributed by atoms with Crippen LogP contribution in [0.2, 0.25) is 0 Å². The van der Waals surface area contributed by atoms with E-state index < -0.39 is 5.97 Å². The zero-order valence-electron chi connectivity index (χ0n) is 10.0. The van der Waals surface area contributed by atoms with Crippen LogP contribution in [0.25, 0.3) is 0 Å². The van der Waals surface area contributed by atoms with Crippen molar-refractivity contribution < 1.29 is 19.4 Å². The van der Waals surface area contributed by atoms with Crippen LogP contribution in [-0.2, 0) is 4.79 Å². The molecule has 0 fully saturated rings. The molecule has 0 aliphatic heterocycles. The summed E-state index contributed by atoms with van der Waals surface area (Å²) in [6.07, 6.45) is 1.58. The van der Waals surface area contributed by atoms with Crippen LogP contribution in [-0.4, -0.2) is 24.3 Å². The second-order valence-corrected chi connectivity index (χ2v) is 3.61. The van der Waals surface area contributed by atoms with Crippen molar-refractivity contribution in [3.8, 4) is 11.5 Å². The van der Waals surface area contributed by atoms with Crippen molar-refractivity contribution in [2.75, 3.05) is 13.2 Å². The lowest BCUT2D eigenvalue weighted by Gasteiger charge is -2.08. The molecule has 0 saturated carbocycles. The van der Waals surface area contributed by atoms with Gasteiger partial charge in [0, 0.05) is 12.5 Å². The van der Waals surface area contributed by atoms with E-state index in [1.807, 2.05) is 31.2 Å². The Morgan fingerprint density at radius 1 is 1.24 bits per heavy atom. The maximum Gasteiger partial charge on any atom is 0.303 e. The predicted octanol–water partition coefficient (Wildman–Crippen LogP) is 2.72. The third-order valence-electron chi connectivity index (χ3n) is 2.17. The van der Waals surface area contributed by atoms with Crippen LogP contribution < -0.4 is 9.47 Å². The van der Waals surface area contributed by atoms with Gasteiger partial charge in [-0.25, -0.2) is 0 Å². The van der Waals surface area contributed by atoms with Crippen LogP contribution in [0.1, 0.15) is 26.2 Å². The average molecular weight is 238 g/mol. The lowest BCUT2D eigenvalue weighted by molar-refractivity contribution is -0.137. The SMILES string of the molecule is CCOc1cccc(OCCCCC(=O)O)c1. The third-order valence-corrected chi connectivity index (χ3v) is 2.17. The van der Waals surface area contributed by atoms with Gasteiger partial charge in [-0.2, -0.15) is 0 Å². The molecule has 0 atom stereocenters. The van der Waals surface area contributed by atoms with Gasteiger partial charge in [0.1, 0.15) is 11.5 Å². The molecule has 4 nitrogen and oxygen atoms in total. The van der Waals surface area contributed by atoms with E-state index >= 15 is 0 Å². The average Bonchev–Trinajstić information content (AvgIpc) is 2.29. The van der Waals surface area contributed by atoms with Gasteiger partial charge in [-0.05, 0) is 31.9 Å². The molecule has 1 rings (SSSR count). The molecular formula is C13H18O4. The van der Waals surface area contributed by atoms with Crippen molar-refractivity contribution in [2.24, 2.45) is 0 Å². The fourth-order valence-electron chi connectivity index (χ4n) is 1.39. The van der Waals surface area contributed by atoms with Gasteiger partial charge >= 0.3 is 5.97 Å². The molecule has 94 valence electrons. The highest BCUT2D eigenvalue weighted by Gasteiger charge is 1.99. The smallest absolute Gasteiger partial charge is 0.303 e. The fourth-order valence-corrected chi connectivity index (χ4v) is 1.39. The summed E-state index contributed by atoms with van der Waals surface area (Å²) >= 11 is 0. The molecule has 1 N–H and O–H groups in total. The van der Waals surface area contributed by atoms with Crippen LogP contribution >= 0.6 is 0 Å². The van der Waals surface area contributed by atoms with E-state index in [0.29, 0.717) is 19.6 Å². The van der Waals surface area contributed by atoms with Crippen LogP contribution in [0.5, 0.6) is 11.5 Å². The van der Waals surface area contributed by atoms with Crippen molar-refractivity contribution >= 4 is 5.97 Å².